The number of piperazine rings is 1. The lowest BCUT2D eigenvalue weighted by molar-refractivity contribution is 0.00158. The third kappa shape index (κ3) is 3.51. The van der Waals surface area contributed by atoms with Crippen LogP contribution in [-0.2, 0) is 4.74 Å². The fraction of sp³-hybridized carbons (Fsp3) is 0.714. The first-order valence-electron chi connectivity index (χ1n) is 10.9. The molecule has 28 heavy (non-hydrogen) atoms. The number of carbonyl (C=O) groups excluding carboxylic acids is 1. The van der Waals surface area contributed by atoms with Gasteiger partial charge in [0.25, 0.3) is 5.91 Å². The van der Waals surface area contributed by atoms with Gasteiger partial charge in [0, 0.05) is 63.6 Å². The minimum Gasteiger partial charge on any atom is -0.379 e. The van der Waals surface area contributed by atoms with Gasteiger partial charge in [0.1, 0.15) is 5.82 Å². The number of anilines is 1. The fourth-order valence-corrected chi connectivity index (χ4v) is 5.38. The Morgan fingerprint density at radius 2 is 1.68 bits per heavy atom. The van der Waals surface area contributed by atoms with Crippen LogP contribution < -0.4 is 10.2 Å². The Bertz CT molecular complexity index is 667. The molecule has 152 valence electrons. The van der Waals surface area contributed by atoms with Crippen molar-refractivity contribution in [3.8, 4) is 0 Å². The van der Waals surface area contributed by atoms with Gasteiger partial charge in [-0.3, -0.25) is 9.69 Å². The summed E-state index contributed by atoms with van der Waals surface area (Å²) in [5, 5.41) is 3.51. The zero-order valence-corrected chi connectivity index (χ0v) is 16.6. The molecule has 5 heterocycles. The third-order valence-electron chi connectivity index (χ3n) is 6.95. The highest BCUT2D eigenvalue weighted by atomic mass is 16.5. The Hall–Kier alpha value is -1.70. The monoisotopic (exact) mass is 385 g/mol. The van der Waals surface area contributed by atoms with Crippen LogP contribution in [0.3, 0.4) is 0 Å². The van der Waals surface area contributed by atoms with E-state index < -0.39 is 0 Å². The molecule has 1 amide bonds. The predicted molar refractivity (Wildman–Crippen MR) is 108 cm³/mol. The molecular weight excluding hydrogens is 354 g/mol. The molecule has 0 aliphatic carbocycles. The lowest BCUT2D eigenvalue weighted by Gasteiger charge is -2.40. The molecule has 7 heteroatoms. The maximum Gasteiger partial charge on any atom is 0.255 e. The number of carbonyl (C=O) groups is 1. The molecule has 5 rings (SSSR count). The Labute approximate surface area is 167 Å². The first-order valence-corrected chi connectivity index (χ1v) is 10.9. The van der Waals surface area contributed by atoms with Gasteiger partial charge >= 0.3 is 0 Å². The van der Waals surface area contributed by atoms with Crippen LogP contribution >= 0.6 is 0 Å². The van der Waals surface area contributed by atoms with Gasteiger partial charge < -0.3 is 19.9 Å². The summed E-state index contributed by atoms with van der Waals surface area (Å²) in [6.45, 7) is 7.48. The third-order valence-corrected chi connectivity index (χ3v) is 6.95. The molecule has 7 nitrogen and oxygen atoms in total. The first kappa shape index (κ1) is 18.3. The Morgan fingerprint density at radius 1 is 0.964 bits per heavy atom. The minimum absolute atomic E-state index is 0.128. The summed E-state index contributed by atoms with van der Waals surface area (Å²) in [6.07, 6.45) is 6.37. The van der Waals surface area contributed by atoms with E-state index in [1.165, 1.54) is 12.8 Å². The molecule has 1 aromatic rings. The maximum atomic E-state index is 12.9. The number of hydrogen-bond acceptors (Lipinski definition) is 6. The molecule has 4 saturated heterocycles. The number of aromatic nitrogens is 1. The van der Waals surface area contributed by atoms with E-state index >= 15 is 0 Å². The second-order valence-corrected chi connectivity index (χ2v) is 8.53. The molecule has 2 atom stereocenters. The largest absolute Gasteiger partial charge is 0.379 e. The van der Waals surface area contributed by atoms with Gasteiger partial charge in [0.05, 0.1) is 18.8 Å². The summed E-state index contributed by atoms with van der Waals surface area (Å²) in [5.74, 6) is 1.15. The second kappa shape index (κ2) is 7.97. The molecule has 0 aromatic carbocycles. The number of amides is 1. The summed E-state index contributed by atoms with van der Waals surface area (Å²) in [7, 11) is 0. The predicted octanol–water partition coefficient (Wildman–Crippen LogP) is 0.959. The van der Waals surface area contributed by atoms with Crippen molar-refractivity contribution in [1.29, 1.82) is 0 Å². The highest BCUT2D eigenvalue weighted by Crippen LogP contribution is 2.31. The van der Waals surface area contributed by atoms with Gasteiger partial charge in [0.2, 0.25) is 0 Å². The van der Waals surface area contributed by atoms with Crippen LogP contribution in [0, 0.1) is 0 Å². The van der Waals surface area contributed by atoms with E-state index in [0.717, 1.165) is 76.7 Å². The van der Waals surface area contributed by atoms with E-state index in [1.807, 2.05) is 17.0 Å². The lowest BCUT2D eigenvalue weighted by Crippen LogP contribution is -2.52. The summed E-state index contributed by atoms with van der Waals surface area (Å²) < 4.78 is 5.46. The van der Waals surface area contributed by atoms with Crippen LogP contribution in [0.2, 0.25) is 0 Å². The number of fused-ring (bicyclic) bond motifs is 2. The number of pyridine rings is 1. The normalized spacial score (nSPS) is 29.3. The van der Waals surface area contributed by atoms with Crippen LogP contribution in [0.25, 0.3) is 0 Å². The number of nitrogens with one attached hydrogen (secondary N) is 1. The summed E-state index contributed by atoms with van der Waals surface area (Å²) >= 11 is 0. The minimum atomic E-state index is 0.128. The van der Waals surface area contributed by atoms with Crippen LogP contribution in [0.1, 0.15) is 36.0 Å². The first-order chi connectivity index (χ1) is 13.8. The molecule has 4 fully saturated rings. The van der Waals surface area contributed by atoms with Gasteiger partial charge in [-0.2, -0.15) is 0 Å². The number of nitrogens with zero attached hydrogens (tertiary/aromatic N) is 4. The quantitative estimate of drug-likeness (QED) is 0.836. The number of hydrogen-bond donors (Lipinski definition) is 1. The van der Waals surface area contributed by atoms with Crippen LogP contribution in [0.15, 0.2) is 18.3 Å². The Balaban J connectivity index is 1.19. The average molecular weight is 386 g/mol. The van der Waals surface area contributed by atoms with E-state index in [1.54, 1.807) is 6.20 Å². The van der Waals surface area contributed by atoms with Crippen molar-refractivity contribution >= 4 is 11.7 Å². The number of piperidine rings is 1. The van der Waals surface area contributed by atoms with Crippen molar-refractivity contribution in [3.63, 3.8) is 0 Å². The highest BCUT2D eigenvalue weighted by Gasteiger charge is 2.37. The van der Waals surface area contributed by atoms with E-state index in [9.17, 15) is 4.79 Å². The molecule has 4 aliphatic rings. The van der Waals surface area contributed by atoms with Gasteiger partial charge in [-0.25, -0.2) is 4.98 Å². The van der Waals surface area contributed by atoms with E-state index in [2.05, 4.69) is 20.1 Å². The van der Waals surface area contributed by atoms with Gasteiger partial charge in [0.15, 0.2) is 0 Å². The van der Waals surface area contributed by atoms with E-state index in [4.69, 9.17) is 4.74 Å². The number of morpholine rings is 1. The standard InChI is InChI=1S/C21H31N5O2/c27-21(25-7-5-17(6-8-25)24-9-11-28-12-10-24)16-1-4-20(23-13-16)26-18-2-3-19(26)15-22-14-18/h1,4,13,17-19,22H,2-3,5-12,14-15H2/t18-,19+. The number of ether oxygens (including phenoxy) is 1. The molecule has 1 aromatic heterocycles. The lowest BCUT2D eigenvalue weighted by atomic mass is 10.0. The second-order valence-electron chi connectivity index (χ2n) is 8.53. The molecule has 1 N–H and O–H groups in total. The summed E-state index contributed by atoms with van der Waals surface area (Å²) in [5.41, 5.74) is 0.719. The van der Waals surface area contributed by atoms with Crippen molar-refractivity contribution in [1.82, 2.24) is 20.1 Å². The number of likely N-dealkylation sites (tertiary alicyclic amines) is 1. The van der Waals surface area contributed by atoms with Crippen molar-refractivity contribution in [2.75, 3.05) is 57.4 Å². The fourth-order valence-electron chi connectivity index (χ4n) is 5.38. The Morgan fingerprint density at radius 3 is 2.32 bits per heavy atom. The van der Waals surface area contributed by atoms with Gasteiger partial charge in [-0.05, 0) is 37.8 Å². The van der Waals surface area contributed by atoms with Crippen LogP contribution in [0.5, 0.6) is 0 Å². The molecule has 0 unspecified atom stereocenters. The van der Waals surface area contributed by atoms with Crippen molar-refractivity contribution < 1.29 is 9.53 Å². The molecule has 0 radical (unpaired) electrons. The van der Waals surface area contributed by atoms with Crippen molar-refractivity contribution in [3.05, 3.63) is 23.9 Å². The van der Waals surface area contributed by atoms with Crippen LogP contribution in [-0.4, -0.2) is 91.3 Å². The molecular formula is C21H31N5O2. The summed E-state index contributed by atoms with van der Waals surface area (Å²) in [4.78, 5) is 24.6. The highest BCUT2D eigenvalue weighted by molar-refractivity contribution is 5.94. The number of rotatable bonds is 3. The molecule has 0 saturated carbocycles. The topological polar surface area (TPSA) is 60.9 Å². The summed E-state index contributed by atoms with van der Waals surface area (Å²) in [6, 6.07) is 5.71. The zero-order valence-electron chi connectivity index (χ0n) is 16.6. The Kier molecular flexibility index (Phi) is 5.22. The smallest absolute Gasteiger partial charge is 0.255 e. The zero-order chi connectivity index (χ0) is 18.9. The van der Waals surface area contributed by atoms with Crippen molar-refractivity contribution in [2.24, 2.45) is 0 Å². The van der Waals surface area contributed by atoms with Gasteiger partial charge in [-0.15, -0.1) is 0 Å². The van der Waals surface area contributed by atoms with E-state index in [0.29, 0.717) is 18.1 Å². The SMILES string of the molecule is O=C(c1ccc(N2[C@@H]3CC[C@H]2CNC3)nc1)N1CCC(N2CCOCC2)CC1. The van der Waals surface area contributed by atoms with Crippen LogP contribution in [0.4, 0.5) is 5.82 Å². The van der Waals surface area contributed by atoms with Gasteiger partial charge in [-0.1, -0.05) is 0 Å². The average Bonchev–Trinajstić information content (AvgIpc) is 3.02. The van der Waals surface area contributed by atoms with Crippen molar-refractivity contribution in [2.45, 2.75) is 43.8 Å². The maximum absolute atomic E-state index is 12.9. The molecule has 4 aliphatic heterocycles. The molecule has 2 bridgehead atoms. The van der Waals surface area contributed by atoms with E-state index in [-0.39, 0.29) is 5.91 Å². The molecule has 0 spiro atoms.